The van der Waals surface area contributed by atoms with Crippen LogP contribution < -0.4 is 5.73 Å². The molecule has 0 spiro atoms. The summed E-state index contributed by atoms with van der Waals surface area (Å²) in [6.45, 7) is 4.27. The van der Waals surface area contributed by atoms with Crippen molar-refractivity contribution in [2.45, 2.75) is 26.2 Å². The fraction of sp³-hybridized carbons (Fsp3) is 0.462. The van der Waals surface area contributed by atoms with Gasteiger partial charge in [0.2, 0.25) is 0 Å². The largest absolute Gasteiger partial charge is 0.481 e. The van der Waals surface area contributed by atoms with Crippen LogP contribution in [0.2, 0.25) is 0 Å². The molecular formula is C13H19NO2. The molecule has 88 valence electrons. The Morgan fingerprint density at radius 3 is 2.38 bits per heavy atom. The number of rotatable bonds is 5. The van der Waals surface area contributed by atoms with Crippen molar-refractivity contribution in [1.29, 1.82) is 0 Å². The van der Waals surface area contributed by atoms with Gasteiger partial charge in [0.15, 0.2) is 0 Å². The lowest BCUT2D eigenvalue weighted by molar-refractivity contribution is -0.141. The van der Waals surface area contributed by atoms with E-state index in [-0.39, 0.29) is 12.5 Å². The molecule has 0 aliphatic rings. The molecule has 0 fully saturated rings. The van der Waals surface area contributed by atoms with Gasteiger partial charge >= 0.3 is 5.97 Å². The van der Waals surface area contributed by atoms with E-state index >= 15 is 0 Å². The highest BCUT2D eigenvalue weighted by Gasteiger charge is 2.19. The molecule has 0 heterocycles. The van der Waals surface area contributed by atoms with E-state index in [9.17, 15) is 4.79 Å². The normalized spacial score (nSPS) is 14.4. The molecule has 0 bridgehead atoms. The number of carbonyl (C=O) groups is 1. The van der Waals surface area contributed by atoms with Gasteiger partial charge in [0.25, 0.3) is 0 Å². The molecule has 3 nitrogen and oxygen atoms in total. The van der Waals surface area contributed by atoms with Crippen LogP contribution in [-0.4, -0.2) is 17.6 Å². The second kappa shape index (κ2) is 5.66. The molecule has 0 aliphatic heterocycles. The highest BCUT2D eigenvalue weighted by atomic mass is 16.4. The second-order valence-electron chi connectivity index (χ2n) is 4.32. The quantitative estimate of drug-likeness (QED) is 0.800. The molecular weight excluding hydrogens is 202 g/mol. The fourth-order valence-electron chi connectivity index (χ4n) is 1.76. The van der Waals surface area contributed by atoms with Gasteiger partial charge in [-0.05, 0) is 24.8 Å². The first-order valence-electron chi connectivity index (χ1n) is 5.54. The predicted molar refractivity (Wildman–Crippen MR) is 64.4 cm³/mol. The highest BCUT2D eigenvalue weighted by molar-refractivity contribution is 5.70. The van der Waals surface area contributed by atoms with Crippen LogP contribution in [0.3, 0.4) is 0 Å². The molecule has 0 saturated carbocycles. The molecule has 0 aromatic heterocycles. The van der Waals surface area contributed by atoms with Crippen molar-refractivity contribution in [1.82, 2.24) is 0 Å². The molecule has 2 unspecified atom stereocenters. The molecule has 0 amide bonds. The Hall–Kier alpha value is -1.35. The summed E-state index contributed by atoms with van der Waals surface area (Å²) >= 11 is 0. The lowest BCUT2D eigenvalue weighted by Gasteiger charge is -2.16. The predicted octanol–water partition coefficient (Wildman–Crippen LogP) is 2.15. The molecule has 1 rings (SSSR count). The van der Waals surface area contributed by atoms with Gasteiger partial charge in [0.05, 0.1) is 5.92 Å². The Bertz CT molecular complexity index is 345. The Kier molecular flexibility index (Phi) is 4.50. The molecule has 1 aromatic rings. The van der Waals surface area contributed by atoms with Crippen molar-refractivity contribution in [2.24, 2.45) is 11.7 Å². The summed E-state index contributed by atoms with van der Waals surface area (Å²) in [4.78, 5) is 10.9. The summed E-state index contributed by atoms with van der Waals surface area (Å²) in [6.07, 6.45) is 0.592. The Morgan fingerprint density at radius 2 is 1.94 bits per heavy atom. The average Bonchev–Trinajstić information content (AvgIpc) is 2.26. The molecule has 3 heteroatoms. The summed E-state index contributed by atoms with van der Waals surface area (Å²) in [5, 5.41) is 8.93. The van der Waals surface area contributed by atoms with Crippen LogP contribution >= 0.6 is 0 Å². The number of carboxylic acids is 1. The van der Waals surface area contributed by atoms with Gasteiger partial charge < -0.3 is 10.8 Å². The number of aryl methyl sites for hydroxylation is 1. The monoisotopic (exact) mass is 221 g/mol. The Labute approximate surface area is 96.3 Å². The first kappa shape index (κ1) is 12.7. The maximum Gasteiger partial charge on any atom is 0.307 e. The Morgan fingerprint density at radius 1 is 1.38 bits per heavy atom. The van der Waals surface area contributed by atoms with Gasteiger partial charge in [-0.2, -0.15) is 0 Å². The number of aliphatic carboxylic acids is 1. The first-order valence-corrected chi connectivity index (χ1v) is 5.54. The summed E-state index contributed by atoms with van der Waals surface area (Å²) in [5.74, 6) is -1.02. The van der Waals surface area contributed by atoms with Gasteiger partial charge in [0, 0.05) is 6.54 Å². The SMILES string of the molecule is Cc1ccc(C(C)CC(CN)C(=O)O)cc1. The van der Waals surface area contributed by atoms with E-state index in [1.807, 2.05) is 26.0 Å². The van der Waals surface area contributed by atoms with Gasteiger partial charge in [-0.25, -0.2) is 0 Å². The molecule has 2 atom stereocenters. The standard InChI is InChI=1S/C13H19NO2/c1-9-3-5-11(6-4-9)10(2)7-12(8-14)13(15)16/h3-6,10,12H,7-8,14H2,1-2H3,(H,15,16). The third kappa shape index (κ3) is 3.35. The third-order valence-corrected chi connectivity index (χ3v) is 2.92. The molecule has 0 saturated heterocycles. The topological polar surface area (TPSA) is 63.3 Å². The third-order valence-electron chi connectivity index (χ3n) is 2.92. The zero-order valence-electron chi connectivity index (χ0n) is 9.81. The molecule has 1 aromatic carbocycles. The van der Waals surface area contributed by atoms with Crippen molar-refractivity contribution >= 4 is 5.97 Å². The van der Waals surface area contributed by atoms with Crippen molar-refractivity contribution in [3.8, 4) is 0 Å². The number of benzene rings is 1. The van der Waals surface area contributed by atoms with Crippen LogP contribution in [0.5, 0.6) is 0 Å². The fourth-order valence-corrected chi connectivity index (χ4v) is 1.76. The minimum atomic E-state index is -0.804. The van der Waals surface area contributed by atoms with E-state index < -0.39 is 11.9 Å². The zero-order valence-corrected chi connectivity index (χ0v) is 9.81. The van der Waals surface area contributed by atoms with Crippen LogP contribution in [0.25, 0.3) is 0 Å². The van der Waals surface area contributed by atoms with Gasteiger partial charge in [0.1, 0.15) is 0 Å². The van der Waals surface area contributed by atoms with E-state index in [1.54, 1.807) is 0 Å². The maximum absolute atomic E-state index is 10.9. The lowest BCUT2D eigenvalue weighted by atomic mass is 9.90. The van der Waals surface area contributed by atoms with E-state index in [0.29, 0.717) is 6.42 Å². The van der Waals surface area contributed by atoms with Crippen molar-refractivity contribution in [3.63, 3.8) is 0 Å². The van der Waals surface area contributed by atoms with Gasteiger partial charge in [-0.15, -0.1) is 0 Å². The number of hydrogen-bond donors (Lipinski definition) is 2. The lowest BCUT2D eigenvalue weighted by Crippen LogP contribution is -2.24. The van der Waals surface area contributed by atoms with Crippen molar-refractivity contribution in [2.75, 3.05) is 6.54 Å². The molecule has 3 N–H and O–H groups in total. The minimum Gasteiger partial charge on any atom is -0.481 e. The van der Waals surface area contributed by atoms with Crippen LogP contribution in [0.4, 0.5) is 0 Å². The first-order chi connectivity index (χ1) is 7.54. The summed E-state index contributed by atoms with van der Waals surface area (Å²) in [7, 11) is 0. The van der Waals surface area contributed by atoms with Crippen LogP contribution in [-0.2, 0) is 4.79 Å². The van der Waals surface area contributed by atoms with E-state index in [0.717, 1.165) is 0 Å². The number of carboxylic acid groups (broad SMARTS) is 1. The maximum atomic E-state index is 10.9. The molecule has 16 heavy (non-hydrogen) atoms. The van der Waals surface area contributed by atoms with Crippen LogP contribution in [0.1, 0.15) is 30.4 Å². The molecule has 0 aliphatic carbocycles. The van der Waals surface area contributed by atoms with E-state index in [2.05, 4.69) is 12.1 Å². The van der Waals surface area contributed by atoms with Gasteiger partial charge in [-0.3, -0.25) is 4.79 Å². The smallest absolute Gasteiger partial charge is 0.307 e. The minimum absolute atomic E-state index is 0.200. The van der Waals surface area contributed by atoms with E-state index in [1.165, 1.54) is 11.1 Å². The summed E-state index contributed by atoms with van der Waals surface area (Å²) in [6, 6.07) is 8.19. The Balaban J connectivity index is 2.67. The van der Waals surface area contributed by atoms with Crippen molar-refractivity contribution < 1.29 is 9.90 Å². The highest BCUT2D eigenvalue weighted by Crippen LogP contribution is 2.23. The molecule has 0 radical (unpaired) electrons. The summed E-state index contributed by atoms with van der Waals surface area (Å²) in [5.41, 5.74) is 7.83. The zero-order chi connectivity index (χ0) is 12.1. The second-order valence-corrected chi connectivity index (χ2v) is 4.32. The summed E-state index contributed by atoms with van der Waals surface area (Å²) < 4.78 is 0. The average molecular weight is 221 g/mol. The van der Waals surface area contributed by atoms with E-state index in [4.69, 9.17) is 10.8 Å². The number of hydrogen-bond acceptors (Lipinski definition) is 2. The van der Waals surface area contributed by atoms with Crippen LogP contribution in [0, 0.1) is 12.8 Å². The van der Waals surface area contributed by atoms with Crippen LogP contribution in [0.15, 0.2) is 24.3 Å². The van der Waals surface area contributed by atoms with Crippen molar-refractivity contribution in [3.05, 3.63) is 35.4 Å². The number of nitrogens with two attached hydrogens (primary N) is 1. The van der Waals surface area contributed by atoms with Gasteiger partial charge in [-0.1, -0.05) is 36.8 Å².